The summed E-state index contributed by atoms with van der Waals surface area (Å²) in [6.45, 7) is 3.56. The molecule has 0 aromatic heterocycles. The van der Waals surface area contributed by atoms with Gasteiger partial charge in [-0.1, -0.05) is 25.0 Å². The third-order valence-electron chi connectivity index (χ3n) is 4.69. The third-order valence-corrected chi connectivity index (χ3v) is 4.69. The summed E-state index contributed by atoms with van der Waals surface area (Å²) in [6, 6.07) is 0.821. The van der Waals surface area contributed by atoms with Gasteiger partial charge >= 0.3 is 0 Å². The summed E-state index contributed by atoms with van der Waals surface area (Å²) in [7, 11) is 0. The lowest BCUT2D eigenvalue weighted by molar-refractivity contribution is 0.287. The second-order valence-corrected chi connectivity index (χ2v) is 5.94. The van der Waals surface area contributed by atoms with Crippen molar-refractivity contribution in [1.82, 2.24) is 5.32 Å². The lowest BCUT2D eigenvalue weighted by atomic mass is 9.84. The van der Waals surface area contributed by atoms with Crippen LogP contribution < -0.4 is 5.32 Å². The van der Waals surface area contributed by atoms with Crippen LogP contribution in [-0.2, 0) is 0 Å². The van der Waals surface area contributed by atoms with Crippen molar-refractivity contribution in [3.8, 4) is 0 Å². The minimum Gasteiger partial charge on any atom is -0.314 e. The molecule has 0 aromatic rings. The van der Waals surface area contributed by atoms with Gasteiger partial charge in [-0.25, -0.2) is 0 Å². The molecule has 0 unspecified atom stereocenters. The molecule has 0 bridgehead atoms. The van der Waals surface area contributed by atoms with E-state index >= 15 is 0 Å². The molecule has 0 aromatic carbocycles. The maximum Gasteiger partial charge on any atom is 0.00673 e. The van der Waals surface area contributed by atoms with Gasteiger partial charge in [0.15, 0.2) is 0 Å². The van der Waals surface area contributed by atoms with Gasteiger partial charge in [-0.15, -0.1) is 0 Å². The van der Waals surface area contributed by atoms with Crippen LogP contribution in [0.3, 0.4) is 0 Å². The van der Waals surface area contributed by atoms with Gasteiger partial charge in [0.05, 0.1) is 0 Å². The van der Waals surface area contributed by atoms with Crippen LogP contribution in [0.1, 0.15) is 71.1 Å². The Morgan fingerprint density at radius 3 is 2.65 bits per heavy atom. The van der Waals surface area contributed by atoms with E-state index in [2.05, 4.69) is 18.3 Å². The highest BCUT2D eigenvalue weighted by Crippen LogP contribution is 2.26. The van der Waals surface area contributed by atoms with E-state index in [1.807, 2.05) is 0 Å². The van der Waals surface area contributed by atoms with E-state index in [-0.39, 0.29) is 0 Å². The standard InChI is InChI=1S/C16H29N/c1-2-14-8-10-16(11-9-14)17-13-12-15-6-4-3-5-7-15/h6,14,16-17H,2-5,7-13H2,1H3. The highest BCUT2D eigenvalue weighted by molar-refractivity contribution is 5.05. The fourth-order valence-corrected chi connectivity index (χ4v) is 3.34. The molecule has 1 nitrogen and oxygen atoms in total. The minimum atomic E-state index is 0.821. The zero-order chi connectivity index (χ0) is 11.9. The van der Waals surface area contributed by atoms with Crippen LogP contribution in [0.4, 0.5) is 0 Å². The fraction of sp³-hybridized carbons (Fsp3) is 0.875. The van der Waals surface area contributed by atoms with Gasteiger partial charge in [-0.05, 0) is 70.3 Å². The van der Waals surface area contributed by atoms with Crippen LogP contribution in [0.15, 0.2) is 11.6 Å². The van der Waals surface area contributed by atoms with Crippen molar-refractivity contribution in [2.24, 2.45) is 5.92 Å². The van der Waals surface area contributed by atoms with E-state index in [0.29, 0.717) is 0 Å². The molecule has 1 N–H and O–H groups in total. The SMILES string of the molecule is CCC1CCC(NCCC2=CCCCC2)CC1. The zero-order valence-corrected chi connectivity index (χ0v) is 11.5. The maximum absolute atomic E-state index is 3.77. The van der Waals surface area contributed by atoms with Gasteiger partial charge in [0.1, 0.15) is 0 Å². The quantitative estimate of drug-likeness (QED) is 0.695. The van der Waals surface area contributed by atoms with Crippen molar-refractivity contribution >= 4 is 0 Å². The number of hydrogen-bond acceptors (Lipinski definition) is 1. The van der Waals surface area contributed by atoms with E-state index in [0.717, 1.165) is 12.0 Å². The van der Waals surface area contributed by atoms with Gasteiger partial charge < -0.3 is 5.32 Å². The van der Waals surface area contributed by atoms with Crippen molar-refractivity contribution in [3.63, 3.8) is 0 Å². The van der Waals surface area contributed by atoms with E-state index in [4.69, 9.17) is 0 Å². The van der Waals surface area contributed by atoms with Gasteiger partial charge in [0, 0.05) is 6.04 Å². The Labute approximate surface area is 107 Å². The molecule has 0 heterocycles. The summed E-state index contributed by atoms with van der Waals surface area (Å²) < 4.78 is 0. The fourth-order valence-electron chi connectivity index (χ4n) is 3.34. The summed E-state index contributed by atoms with van der Waals surface area (Å²) in [5.41, 5.74) is 1.71. The lowest BCUT2D eigenvalue weighted by Gasteiger charge is -2.28. The molecule has 1 heteroatoms. The summed E-state index contributed by atoms with van der Waals surface area (Å²) >= 11 is 0. The van der Waals surface area contributed by atoms with Gasteiger partial charge in [-0.3, -0.25) is 0 Å². The Bertz CT molecular complexity index is 236. The van der Waals surface area contributed by atoms with Crippen LogP contribution in [-0.4, -0.2) is 12.6 Å². The molecule has 0 saturated heterocycles. The molecule has 1 saturated carbocycles. The van der Waals surface area contributed by atoms with E-state index in [1.54, 1.807) is 5.57 Å². The van der Waals surface area contributed by atoms with Crippen LogP contribution in [0, 0.1) is 5.92 Å². The summed E-state index contributed by atoms with van der Waals surface area (Å²) in [4.78, 5) is 0. The zero-order valence-electron chi connectivity index (χ0n) is 11.5. The molecule has 0 aliphatic heterocycles. The molecule has 2 aliphatic rings. The van der Waals surface area contributed by atoms with Crippen LogP contribution in [0.2, 0.25) is 0 Å². The molecule has 2 aliphatic carbocycles. The molecule has 0 spiro atoms. The summed E-state index contributed by atoms with van der Waals surface area (Å²) in [6.07, 6.45) is 16.4. The average molecular weight is 235 g/mol. The van der Waals surface area contributed by atoms with E-state index in [1.165, 1.54) is 70.8 Å². The first kappa shape index (κ1) is 13.1. The first-order chi connectivity index (χ1) is 8.38. The van der Waals surface area contributed by atoms with Crippen molar-refractivity contribution in [3.05, 3.63) is 11.6 Å². The van der Waals surface area contributed by atoms with Crippen molar-refractivity contribution in [2.75, 3.05) is 6.54 Å². The lowest BCUT2D eigenvalue weighted by Crippen LogP contribution is -2.33. The molecule has 2 rings (SSSR count). The van der Waals surface area contributed by atoms with Crippen molar-refractivity contribution < 1.29 is 0 Å². The summed E-state index contributed by atoms with van der Waals surface area (Å²) in [5.74, 6) is 1.02. The Morgan fingerprint density at radius 2 is 2.00 bits per heavy atom. The molecule has 0 amide bonds. The highest BCUT2D eigenvalue weighted by Gasteiger charge is 2.19. The monoisotopic (exact) mass is 235 g/mol. The average Bonchev–Trinajstić information content (AvgIpc) is 2.41. The highest BCUT2D eigenvalue weighted by atomic mass is 14.9. The molecule has 0 atom stereocenters. The predicted molar refractivity (Wildman–Crippen MR) is 75.2 cm³/mol. The largest absolute Gasteiger partial charge is 0.314 e. The smallest absolute Gasteiger partial charge is 0.00673 e. The van der Waals surface area contributed by atoms with Crippen molar-refractivity contribution in [2.45, 2.75) is 77.2 Å². The first-order valence-electron chi connectivity index (χ1n) is 7.79. The molecule has 0 radical (unpaired) electrons. The Morgan fingerprint density at radius 1 is 1.18 bits per heavy atom. The molecular formula is C16H29N. The number of nitrogens with one attached hydrogen (secondary N) is 1. The van der Waals surface area contributed by atoms with Gasteiger partial charge in [0.25, 0.3) is 0 Å². The van der Waals surface area contributed by atoms with Crippen LogP contribution in [0.25, 0.3) is 0 Å². The van der Waals surface area contributed by atoms with Crippen LogP contribution in [0.5, 0.6) is 0 Å². The Hall–Kier alpha value is -0.300. The second-order valence-electron chi connectivity index (χ2n) is 5.94. The Kier molecular flexibility index (Phi) is 5.57. The minimum absolute atomic E-state index is 0.821. The topological polar surface area (TPSA) is 12.0 Å². The van der Waals surface area contributed by atoms with E-state index in [9.17, 15) is 0 Å². The molecule has 98 valence electrons. The first-order valence-corrected chi connectivity index (χ1v) is 7.79. The van der Waals surface area contributed by atoms with Crippen molar-refractivity contribution in [1.29, 1.82) is 0 Å². The van der Waals surface area contributed by atoms with Crippen LogP contribution >= 0.6 is 0 Å². The van der Waals surface area contributed by atoms with Gasteiger partial charge in [-0.2, -0.15) is 0 Å². The normalized spacial score (nSPS) is 30.1. The molecule has 1 fully saturated rings. The predicted octanol–water partition coefficient (Wildman–Crippen LogP) is 4.44. The number of rotatable bonds is 5. The molecule has 17 heavy (non-hydrogen) atoms. The third kappa shape index (κ3) is 4.46. The number of hydrogen-bond donors (Lipinski definition) is 1. The van der Waals surface area contributed by atoms with Gasteiger partial charge in [0.2, 0.25) is 0 Å². The Balaban J connectivity index is 1.58. The summed E-state index contributed by atoms with van der Waals surface area (Å²) in [5, 5.41) is 3.77. The molecular weight excluding hydrogens is 206 g/mol. The number of allylic oxidation sites excluding steroid dienone is 1. The van der Waals surface area contributed by atoms with E-state index < -0.39 is 0 Å². The second kappa shape index (κ2) is 7.20. The maximum atomic E-state index is 3.77.